The van der Waals surface area contributed by atoms with Crippen LogP contribution in [0.1, 0.15) is 81.6 Å². The lowest BCUT2D eigenvalue weighted by Gasteiger charge is -2.30. The minimum Gasteiger partial charge on any atom is -0.320 e. The predicted molar refractivity (Wildman–Crippen MR) is 104 cm³/mol. The second kappa shape index (κ2) is 12.4. The molecule has 1 heterocycles. The third kappa shape index (κ3) is 7.90. The lowest BCUT2D eigenvalue weighted by atomic mass is 9.97. The highest BCUT2D eigenvalue weighted by Gasteiger charge is 2.43. The maximum absolute atomic E-state index is 12.4. The van der Waals surface area contributed by atoms with E-state index in [0.717, 1.165) is 25.4 Å². The summed E-state index contributed by atoms with van der Waals surface area (Å²) in [6.07, 6.45) is 5.31. The molecule has 0 aromatic carbocycles. The summed E-state index contributed by atoms with van der Waals surface area (Å²) in [5.74, 6) is 0.752. The van der Waals surface area contributed by atoms with Crippen molar-refractivity contribution in [3.63, 3.8) is 0 Å². The third-order valence-electron chi connectivity index (χ3n) is 4.30. The first kappa shape index (κ1) is 24.3. The SMILES string of the molecule is C=CC.CC.CCC(CC)CCN1C(=O)N(C(C)C)CC1(C)C. The highest BCUT2D eigenvalue weighted by Crippen LogP contribution is 2.28. The molecule has 0 aromatic heterocycles. The third-order valence-corrected chi connectivity index (χ3v) is 4.30. The molecular weight excluding hydrogens is 284 g/mol. The van der Waals surface area contributed by atoms with Crippen LogP contribution in [0.5, 0.6) is 0 Å². The molecule has 1 fully saturated rings. The molecule has 0 unspecified atom stereocenters. The molecule has 0 aliphatic carbocycles. The molecule has 3 heteroatoms. The summed E-state index contributed by atoms with van der Waals surface area (Å²) >= 11 is 0. The lowest BCUT2D eigenvalue weighted by molar-refractivity contribution is 0.162. The van der Waals surface area contributed by atoms with Crippen molar-refractivity contribution >= 4 is 6.03 Å². The minimum atomic E-state index is -0.0205. The molecule has 1 rings (SSSR count). The Morgan fingerprint density at radius 1 is 1.22 bits per heavy atom. The van der Waals surface area contributed by atoms with Crippen molar-refractivity contribution in [1.29, 1.82) is 0 Å². The number of hydrogen-bond acceptors (Lipinski definition) is 1. The molecule has 0 spiro atoms. The van der Waals surface area contributed by atoms with Crippen molar-refractivity contribution in [1.82, 2.24) is 9.80 Å². The van der Waals surface area contributed by atoms with Crippen LogP contribution in [-0.4, -0.2) is 40.5 Å². The van der Waals surface area contributed by atoms with Crippen molar-refractivity contribution in [2.24, 2.45) is 5.92 Å². The van der Waals surface area contributed by atoms with Gasteiger partial charge in [-0.05, 0) is 47.0 Å². The quantitative estimate of drug-likeness (QED) is 0.553. The van der Waals surface area contributed by atoms with E-state index in [1.54, 1.807) is 6.08 Å². The average molecular weight is 327 g/mol. The van der Waals surface area contributed by atoms with E-state index in [4.69, 9.17) is 0 Å². The van der Waals surface area contributed by atoms with Gasteiger partial charge >= 0.3 is 6.03 Å². The predicted octanol–water partition coefficient (Wildman–Crippen LogP) is 5.96. The molecule has 0 bridgehead atoms. The van der Waals surface area contributed by atoms with E-state index in [1.807, 2.05) is 25.7 Å². The van der Waals surface area contributed by atoms with Crippen LogP contribution in [0, 0.1) is 5.92 Å². The summed E-state index contributed by atoms with van der Waals surface area (Å²) in [7, 11) is 0. The molecule has 0 atom stereocenters. The smallest absolute Gasteiger partial charge is 0.320 e. The number of hydrogen-bond donors (Lipinski definition) is 0. The monoisotopic (exact) mass is 326 g/mol. The van der Waals surface area contributed by atoms with Crippen LogP contribution >= 0.6 is 0 Å². The largest absolute Gasteiger partial charge is 0.320 e. The fourth-order valence-electron chi connectivity index (χ4n) is 2.79. The van der Waals surface area contributed by atoms with Gasteiger partial charge in [-0.1, -0.05) is 46.6 Å². The van der Waals surface area contributed by atoms with E-state index in [0.29, 0.717) is 6.04 Å². The van der Waals surface area contributed by atoms with E-state index in [2.05, 4.69) is 53.0 Å². The first-order valence-corrected chi connectivity index (χ1v) is 9.40. The van der Waals surface area contributed by atoms with Crippen LogP contribution in [0.15, 0.2) is 12.7 Å². The summed E-state index contributed by atoms with van der Waals surface area (Å²) in [5.41, 5.74) is -0.0205. The van der Waals surface area contributed by atoms with E-state index in [9.17, 15) is 4.79 Å². The zero-order valence-electron chi connectivity index (χ0n) is 17.3. The van der Waals surface area contributed by atoms with Crippen LogP contribution in [-0.2, 0) is 0 Å². The molecular formula is C20H42N2O. The number of rotatable bonds is 6. The summed E-state index contributed by atoms with van der Waals surface area (Å²) < 4.78 is 0. The van der Waals surface area contributed by atoms with Gasteiger partial charge in [0, 0.05) is 19.1 Å². The number of carbonyl (C=O) groups excluding carboxylic acids is 1. The maximum Gasteiger partial charge on any atom is 0.320 e. The van der Waals surface area contributed by atoms with Crippen molar-refractivity contribution in [3.8, 4) is 0 Å². The fourth-order valence-corrected chi connectivity index (χ4v) is 2.79. The zero-order chi connectivity index (χ0) is 18.6. The van der Waals surface area contributed by atoms with Gasteiger partial charge in [-0.25, -0.2) is 4.79 Å². The Morgan fingerprint density at radius 3 is 1.96 bits per heavy atom. The van der Waals surface area contributed by atoms with Crippen LogP contribution < -0.4 is 0 Å². The highest BCUT2D eigenvalue weighted by atomic mass is 16.2. The Morgan fingerprint density at radius 2 is 1.65 bits per heavy atom. The molecule has 2 amide bonds. The molecule has 0 N–H and O–H groups in total. The highest BCUT2D eigenvalue weighted by molar-refractivity contribution is 5.78. The minimum absolute atomic E-state index is 0.0205. The number of nitrogens with zero attached hydrogens (tertiary/aromatic N) is 2. The molecule has 0 aromatic rings. The first-order valence-electron chi connectivity index (χ1n) is 9.40. The summed E-state index contributed by atoms with van der Waals surface area (Å²) in [5, 5.41) is 0. The van der Waals surface area contributed by atoms with Crippen LogP contribution in [0.4, 0.5) is 4.79 Å². The van der Waals surface area contributed by atoms with E-state index in [-0.39, 0.29) is 11.6 Å². The number of carbonyl (C=O) groups is 1. The molecule has 1 aliphatic rings. The van der Waals surface area contributed by atoms with Gasteiger partial charge < -0.3 is 9.80 Å². The lowest BCUT2D eigenvalue weighted by Crippen LogP contribution is -2.43. The molecule has 0 radical (unpaired) electrons. The number of urea groups is 1. The summed E-state index contributed by atoms with van der Waals surface area (Å²) in [6.45, 7) is 24.0. The van der Waals surface area contributed by atoms with Gasteiger partial charge in [0.2, 0.25) is 0 Å². The Labute approximate surface area is 146 Å². The van der Waals surface area contributed by atoms with E-state index in [1.165, 1.54) is 12.8 Å². The summed E-state index contributed by atoms with van der Waals surface area (Å²) in [6, 6.07) is 0.524. The first-order chi connectivity index (χ1) is 10.7. The van der Waals surface area contributed by atoms with Crippen molar-refractivity contribution in [2.75, 3.05) is 13.1 Å². The Bertz CT molecular complexity index is 320. The number of allylic oxidation sites excluding steroid dienone is 1. The van der Waals surface area contributed by atoms with Gasteiger partial charge in [-0.15, -0.1) is 6.58 Å². The van der Waals surface area contributed by atoms with Gasteiger partial charge in [0.1, 0.15) is 0 Å². The van der Waals surface area contributed by atoms with Crippen LogP contribution in [0.3, 0.4) is 0 Å². The summed E-state index contributed by atoms with van der Waals surface area (Å²) in [4.78, 5) is 16.5. The Balaban J connectivity index is 0. The van der Waals surface area contributed by atoms with Gasteiger partial charge in [0.15, 0.2) is 0 Å². The van der Waals surface area contributed by atoms with Gasteiger partial charge in [-0.2, -0.15) is 0 Å². The van der Waals surface area contributed by atoms with Crippen molar-refractivity contribution in [2.45, 2.75) is 93.2 Å². The second-order valence-corrected chi connectivity index (χ2v) is 6.85. The molecule has 3 nitrogen and oxygen atoms in total. The fraction of sp³-hybridized carbons (Fsp3) is 0.850. The normalized spacial score (nSPS) is 16.0. The Kier molecular flexibility index (Phi) is 13.1. The Hall–Kier alpha value is -0.990. The molecule has 0 saturated carbocycles. The van der Waals surface area contributed by atoms with Crippen LogP contribution in [0.2, 0.25) is 0 Å². The average Bonchev–Trinajstić information content (AvgIpc) is 2.74. The van der Waals surface area contributed by atoms with Gasteiger partial charge in [0.05, 0.1) is 5.54 Å². The second-order valence-electron chi connectivity index (χ2n) is 6.85. The van der Waals surface area contributed by atoms with Gasteiger partial charge in [0.25, 0.3) is 0 Å². The van der Waals surface area contributed by atoms with Crippen molar-refractivity contribution in [3.05, 3.63) is 12.7 Å². The molecule has 1 saturated heterocycles. The topological polar surface area (TPSA) is 23.6 Å². The standard InChI is InChI=1S/C15H30N2O.C3H6.C2H6/c1-7-13(8-2)9-10-17-14(18)16(12(3)4)11-15(17,5)6;1-3-2;1-2/h12-13H,7-11H2,1-6H3;3H,1H2,2H3;1-2H3. The molecule has 23 heavy (non-hydrogen) atoms. The van der Waals surface area contributed by atoms with E-state index < -0.39 is 0 Å². The number of amides is 2. The van der Waals surface area contributed by atoms with Crippen LogP contribution in [0.25, 0.3) is 0 Å². The molecule has 138 valence electrons. The van der Waals surface area contributed by atoms with Crippen molar-refractivity contribution < 1.29 is 4.79 Å². The van der Waals surface area contributed by atoms with E-state index >= 15 is 0 Å². The maximum atomic E-state index is 12.4. The zero-order valence-corrected chi connectivity index (χ0v) is 17.3. The molecule has 1 aliphatic heterocycles. The van der Waals surface area contributed by atoms with Gasteiger partial charge in [-0.3, -0.25) is 0 Å².